The molecular weight excluding hydrogens is 422 g/mol. The number of fused-ring (bicyclic) bond motifs is 5. The van der Waals surface area contributed by atoms with E-state index in [2.05, 4.69) is 18.3 Å². The molecule has 0 aliphatic heterocycles. The zero-order valence-electron chi connectivity index (χ0n) is 21.5. The summed E-state index contributed by atoms with van der Waals surface area (Å²) in [7, 11) is 1.71. The highest BCUT2D eigenvalue weighted by Gasteiger charge is 2.57. The minimum Gasteiger partial charge on any atom is -0.508 e. The molecule has 1 aromatic carbocycles. The van der Waals surface area contributed by atoms with Gasteiger partial charge in [-0.2, -0.15) is 0 Å². The summed E-state index contributed by atoms with van der Waals surface area (Å²) in [5.41, 5.74) is 2.96. The number of hydrogen-bond acceptors (Lipinski definition) is 3. The molecule has 34 heavy (non-hydrogen) atoms. The molecule has 4 nitrogen and oxygen atoms in total. The van der Waals surface area contributed by atoms with Gasteiger partial charge in [0.1, 0.15) is 5.75 Å². The lowest BCUT2D eigenvalue weighted by atomic mass is 9.51. The number of phenolic OH excluding ortho intramolecular Hbond substituents is 1. The number of aryl methyl sites for hydroxylation is 1. The van der Waals surface area contributed by atoms with Gasteiger partial charge < -0.3 is 15.5 Å². The Hall–Kier alpha value is -1.55. The number of carbonyl (C=O) groups is 1. The van der Waals surface area contributed by atoms with Crippen molar-refractivity contribution in [2.45, 2.75) is 115 Å². The quantitative estimate of drug-likeness (QED) is 0.325. The van der Waals surface area contributed by atoms with Crippen molar-refractivity contribution >= 4 is 5.91 Å². The molecule has 1 amide bonds. The topological polar surface area (TPSA) is 69.6 Å². The molecule has 1 aromatic rings. The first-order valence-corrected chi connectivity index (χ1v) is 14.1. The van der Waals surface area contributed by atoms with E-state index < -0.39 is 0 Å². The Morgan fingerprint density at radius 3 is 2.47 bits per heavy atom. The normalized spacial score (nSPS) is 32.0. The molecule has 0 unspecified atom stereocenters. The van der Waals surface area contributed by atoms with Gasteiger partial charge in [-0.3, -0.25) is 4.79 Å². The SMILES string of the molecule is CNC(=O)CCCCCCCCCC[C@H]1C[C@]2(C)[C@@H](O)CC[C@H]2[C@@H]2CCc3cc(O)ccc3[C@@H]12. The van der Waals surface area contributed by atoms with Gasteiger partial charge in [-0.1, -0.05) is 57.9 Å². The monoisotopic (exact) mass is 469 g/mol. The maximum Gasteiger partial charge on any atom is 0.219 e. The average molecular weight is 470 g/mol. The lowest BCUT2D eigenvalue weighted by Crippen LogP contribution is -2.47. The fourth-order valence-electron chi connectivity index (χ4n) is 8.01. The van der Waals surface area contributed by atoms with E-state index in [0.29, 0.717) is 35.8 Å². The summed E-state index contributed by atoms with van der Waals surface area (Å²) in [5, 5.41) is 23.7. The van der Waals surface area contributed by atoms with Crippen molar-refractivity contribution in [3.63, 3.8) is 0 Å². The Morgan fingerprint density at radius 1 is 1.03 bits per heavy atom. The Balaban J connectivity index is 1.29. The fourth-order valence-corrected chi connectivity index (χ4v) is 8.01. The molecular formula is C30H47NO3. The van der Waals surface area contributed by atoms with Crippen molar-refractivity contribution in [2.24, 2.45) is 23.2 Å². The van der Waals surface area contributed by atoms with Crippen LogP contribution < -0.4 is 5.32 Å². The largest absolute Gasteiger partial charge is 0.508 e. The lowest BCUT2D eigenvalue weighted by Gasteiger charge is -2.54. The van der Waals surface area contributed by atoms with Crippen molar-refractivity contribution in [1.29, 1.82) is 0 Å². The number of rotatable bonds is 11. The fraction of sp³-hybridized carbons (Fsp3) is 0.767. The zero-order valence-corrected chi connectivity index (χ0v) is 21.5. The van der Waals surface area contributed by atoms with Crippen LogP contribution in [-0.4, -0.2) is 29.3 Å². The van der Waals surface area contributed by atoms with Crippen LogP contribution in [0.1, 0.15) is 114 Å². The maximum absolute atomic E-state index is 11.3. The maximum atomic E-state index is 11.3. The second-order valence-corrected chi connectivity index (χ2v) is 11.8. The second-order valence-electron chi connectivity index (χ2n) is 11.8. The summed E-state index contributed by atoms with van der Waals surface area (Å²) in [6.07, 6.45) is 17.3. The van der Waals surface area contributed by atoms with E-state index in [9.17, 15) is 15.0 Å². The van der Waals surface area contributed by atoms with Gasteiger partial charge in [-0.15, -0.1) is 0 Å². The average Bonchev–Trinajstić information content (AvgIpc) is 3.13. The highest BCUT2D eigenvalue weighted by molar-refractivity contribution is 5.75. The molecule has 0 saturated heterocycles. The first kappa shape index (κ1) is 25.5. The zero-order chi connectivity index (χ0) is 24.1. The Morgan fingerprint density at radius 2 is 1.74 bits per heavy atom. The number of phenols is 1. The van der Waals surface area contributed by atoms with Crippen LogP contribution in [0, 0.1) is 23.2 Å². The Bertz CT molecular complexity index is 823. The highest BCUT2D eigenvalue weighted by Crippen LogP contribution is 2.63. The minimum atomic E-state index is -0.134. The number of amides is 1. The molecule has 0 radical (unpaired) electrons. The number of aromatic hydroxyl groups is 1. The Labute approximate surface area is 206 Å². The van der Waals surface area contributed by atoms with Gasteiger partial charge in [-0.05, 0) is 97.3 Å². The summed E-state index contributed by atoms with van der Waals surface area (Å²) >= 11 is 0. The van der Waals surface area contributed by atoms with Gasteiger partial charge in [-0.25, -0.2) is 0 Å². The molecule has 4 rings (SSSR count). The number of hydrogen-bond donors (Lipinski definition) is 3. The van der Waals surface area contributed by atoms with Crippen LogP contribution in [0.3, 0.4) is 0 Å². The third-order valence-electron chi connectivity index (χ3n) is 9.79. The minimum absolute atomic E-state index is 0.0922. The van der Waals surface area contributed by atoms with Crippen LogP contribution in [0.4, 0.5) is 0 Å². The van der Waals surface area contributed by atoms with Gasteiger partial charge >= 0.3 is 0 Å². The van der Waals surface area contributed by atoms with Gasteiger partial charge in [0.05, 0.1) is 6.10 Å². The summed E-state index contributed by atoms with van der Waals surface area (Å²) in [6.45, 7) is 2.38. The van der Waals surface area contributed by atoms with Crippen molar-refractivity contribution < 1.29 is 15.0 Å². The molecule has 6 atom stereocenters. The third kappa shape index (κ3) is 5.48. The summed E-state index contributed by atoms with van der Waals surface area (Å²) in [4.78, 5) is 11.3. The van der Waals surface area contributed by atoms with Crippen molar-refractivity contribution in [3.05, 3.63) is 29.3 Å². The third-order valence-corrected chi connectivity index (χ3v) is 9.79. The molecule has 4 heteroatoms. The molecule has 3 aliphatic carbocycles. The number of nitrogens with one attached hydrogen (secondary N) is 1. The lowest BCUT2D eigenvalue weighted by molar-refractivity contribution is -0.120. The summed E-state index contributed by atoms with van der Waals surface area (Å²) in [6, 6.07) is 6.12. The number of benzene rings is 1. The number of carbonyl (C=O) groups excluding carboxylic acids is 1. The second kappa shape index (κ2) is 11.5. The first-order valence-electron chi connectivity index (χ1n) is 14.1. The predicted octanol–water partition coefficient (Wildman–Crippen LogP) is 6.48. The molecule has 0 heterocycles. The molecule has 2 fully saturated rings. The summed E-state index contributed by atoms with van der Waals surface area (Å²) < 4.78 is 0. The van der Waals surface area contributed by atoms with E-state index in [1.807, 2.05) is 12.1 Å². The number of aliphatic hydroxyl groups excluding tert-OH is 1. The van der Waals surface area contributed by atoms with E-state index in [0.717, 1.165) is 32.1 Å². The van der Waals surface area contributed by atoms with Crippen molar-refractivity contribution in [1.82, 2.24) is 5.32 Å². The van der Waals surface area contributed by atoms with Crippen molar-refractivity contribution in [3.8, 4) is 5.75 Å². The van der Waals surface area contributed by atoms with Gasteiger partial charge in [0.25, 0.3) is 0 Å². The number of unbranched alkanes of at least 4 members (excludes halogenated alkanes) is 7. The molecule has 2 saturated carbocycles. The number of aliphatic hydroxyl groups is 1. The van der Waals surface area contributed by atoms with Gasteiger partial charge in [0.15, 0.2) is 0 Å². The van der Waals surface area contributed by atoms with E-state index >= 15 is 0 Å². The first-order chi connectivity index (χ1) is 16.4. The smallest absolute Gasteiger partial charge is 0.219 e. The van der Waals surface area contributed by atoms with E-state index in [1.54, 1.807) is 7.05 Å². The van der Waals surface area contributed by atoms with Crippen LogP contribution >= 0.6 is 0 Å². The van der Waals surface area contributed by atoms with E-state index in [1.165, 1.54) is 68.9 Å². The molecule has 0 aromatic heterocycles. The van der Waals surface area contributed by atoms with Crippen LogP contribution in [0.15, 0.2) is 18.2 Å². The van der Waals surface area contributed by atoms with Gasteiger partial charge in [0.2, 0.25) is 5.91 Å². The highest BCUT2D eigenvalue weighted by atomic mass is 16.3. The van der Waals surface area contributed by atoms with Gasteiger partial charge in [0, 0.05) is 13.5 Å². The molecule has 3 aliphatic rings. The summed E-state index contributed by atoms with van der Waals surface area (Å²) in [5.74, 6) is 3.15. The van der Waals surface area contributed by atoms with Crippen molar-refractivity contribution in [2.75, 3.05) is 7.05 Å². The molecule has 0 spiro atoms. The molecule has 3 N–H and O–H groups in total. The standard InChI is InChI=1S/C30H47NO3/c1-30-20-22(11-9-7-5-3-4-6-8-10-12-28(34)31-2)29-24-16-14-23(32)19-21(24)13-15-25(29)26(30)17-18-27(30)33/h14,16,19,22,25-27,29,32-33H,3-13,15,17-18,20H2,1-2H3,(H,31,34)/t22-,25-,26-,27-,29+,30-/m0/s1. The van der Waals surface area contributed by atoms with E-state index in [-0.39, 0.29) is 17.4 Å². The predicted molar refractivity (Wildman–Crippen MR) is 138 cm³/mol. The van der Waals surface area contributed by atoms with Crippen LogP contribution in [0.25, 0.3) is 0 Å². The molecule has 0 bridgehead atoms. The van der Waals surface area contributed by atoms with Crippen LogP contribution in [0.5, 0.6) is 5.75 Å². The Kier molecular flexibility index (Phi) is 8.61. The van der Waals surface area contributed by atoms with Crippen LogP contribution in [-0.2, 0) is 11.2 Å². The van der Waals surface area contributed by atoms with E-state index in [4.69, 9.17) is 0 Å². The molecule has 190 valence electrons. The van der Waals surface area contributed by atoms with Crippen LogP contribution in [0.2, 0.25) is 0 Å².